The van der Waals surface area contributed by atoms with Crippen LogP contribution in [0.1, 0.15) is 5.56 Å². The summed E-state index contributed by atoms with van der Waals surface area (Å²) in [5, 5.41) is 0.535. The van der Waals surface area contributed by atoms with Crippen molar-refractivity contribution in [3.63, 3.8) is 0 Å². The van der Waals surface area contributed by atoms with E-state index < -0.39 is 11.7 Å². The first-order chi connectivity index (χ1) is 8.86. The molecule has 0 unspecified atom stereocenters. The molecule has 2 nitrogen and oxygen atoms in total. The summed E-state index contributed by atoms with van der Waals surface area (Å²) in [6, 6.07) is 9.35. The molecular formula is C13H9ClF3NO. The zero-order valence-corrected chi connectivity index (χ0v) is 10.3. The maximum atomic E-state index is 12.5. The smallest absolute Gasteiger partial charge is 0.416 e. The normalized spacial score (nSPS) is 11.4. The van der Waals surface area contributed by atoms with Gasteiger partial charge in [-0.2, -0.15) is 13.2 Å². The van der Waals surface area contributed by atoms with Crippen LogP contribution >= 0.6 is 11.6 Å². The summed E-state index contributed by atoms with van der Waals surface area (Å²) in [5.41, 5.74) is 4.65. The summed E-state index contributed by atoms with van der Waals surface area (Å²) in [4.78, 5) is 0. The number of nitrogen functional groups attached to an aromatic ring is 1. The molecule has 0 aliphatic rings. The molecule has 0 atom stereocenters. The maximum Gasteiger partial charge on any atom is 0.416 e. The van der Waals surface area contributed by atoms with Crippen LogP contribution in [0.3, 0.4) is 0 Å². The topological polar surface area (TPSA) is 35.2 Å². The minimum absolute atomic E-state index is 0.0789. The summed E-state index contributed by atoms with van der Waals surface area (Å²) in [6.45, 7) is 0. The molecule has 0 aliphatic heterocycles. The van der Waals surface area contributed by atoms with Crippen LogP contribution in [-0.4, -0.2) is 0 Å². The lowest BCUT2D eigenvalue weighted by atomic mass is 10.2. The number of halogens is 4. The van der Waals surface area contributed by atoms with Crippen LogP contribution in [-0.2, 0) is 6.18 Å². The van der Waals surface area contributed by atoms with Gasteiger partial charge in [0.2, 0.25) is 0 Å². The summed E-state index contributed by atoms with van der Waals surface area (Å²) < 4.78 is 42.8. The van der Waals surface area contributed by atoms with Gasteiger partial charge in [-0.1, -0.05) is 11.6 Å². The molecule has 0 radical (unpaired) electrons. The molecule has 0 bridgehead atoms. The van der Waals surface area contributed by atoms with Crippen molar-refractivity contribution in [1.82, 2.24) is 0 Å². The molecule has 100 valence electrons. The average molecular weight is 288 g/mol. The van der Waals surface area contributed by atoms with Crippen molar-refractivity contribution < 1.29 is 17.9 Å². The first-order valence-corrected chi connectivity index (χ1v) is 5.64. The monoisotopic (exact) mass is 287 g/mol. The zero-order valence-electron chi connectivity index (χ0n) is 9.54. The fourth-order valence-corrected chi connectivity index (χ4v) is 1.57. The summed E-state index contributed by atoms with van der Waals surface area (Å²) in [7, 11) is 0. The Bertz CT molecular complexity index is 581. The Morgan fingerprint density at radius 2 is 1.63 bits per heavy atom. The fourth-order valence-electron chi connectivity index (χ4n) is 1.45. The van der Waals surface area contributed by atoms with Crippen molar-refractivity contribution in [2.45, 2.75) is 6.18 Å². The minimum atomic E-state index is -4.42. The highest BCUT2D eigenvalue weighted by Crippen LogP contribution is 2.35. The standard InChI is InChI=1S/C13H9ClF3NO/c14-9-2-4-10(5-3-9)19-12-6-1-8(7-11(12)18)13(15,16)17/h1-7H,18H2. The number of benzene rings is 2. The van der Waals surface area contributed by atoms with E-state index in [1.165, 1.54) is 6.07 Å². The molecule has 2 aromatic rings. The van der Waals surface area contributed by atoms with Crippen molar-refractivity contribution in [3.8, 4) is 11.5 Å². The van der Waals surface area contributed by atoms with Gasteiger partial charge in [-0.25, -0.2) is 0 Å². The number of alkyl halides is 3. The first-order valence-electron chi connectivity index (χ1n) is 5.26. The van der Waals surface area contributed by atoms with E-state index in [2.05, 4.69) is 0 Å². The summed E-state index contributed by atoms with van der Waals surface area (Å²) >= 11 is 5.71. The van der Waals surface area contributed by atoms with Gasteiger partial charge in [0.25, 0.3) is 0 Å². The second-order valence-corrected chi connectivity index (χ2v) is 4.24. The van der Waals surface area contributed by atoms with E-state index in [4.69, 9.17) is 22.1 Å². The van der Waals surface area contributed by atoms with Crippen molar-refractivity contribution >= 4 is 17.3 Å². The predicted octanol–water partition coefficient (Wildman–Crippen LogP) is 4.73. The quantitative estimate of drug-likeness (QED) is 0.810. The third kappa shape index (κ3) is 3.32. The van der Waals surface area contributed by atoms with Gasteiger partial charge < -0.3 is 10.5 Å². The molecule has 0 aliphatic carbocycles. The van der Waals surface area contributed by atoms with Crippen LogP contribution in [0.25, 0.3) is 0 Å². The van der Waals surface area contributed by atoms with E-state index >= 15 is 0 Å². The average Bonchev–Trinajstić information content (AvgIpc) is 2.33. The lowest BCUT2D eigenvalue weighted by molar-refractivity contribution is -0.137. The van der Waals surface area contributed by atoms with Crippen LogP contribution in [0.15, 0.2) is 42.5 Å². The van der Waals surface area contributed by atoms with Gasteiger partial charge >= 0.3 is 6.18 Å². The Balaban J connectivity index is 2.24. The maximum absolute atomic E-state index is 12.5. The Kier molecular flexibility index (Phi) is 3.57. The molecule has 0 spiro atoms. The summed E-state index contributed by atoms with van der Waals surface area (Å²) in [5.74, 6) is 0.603. The second kappa shape index (κ2) is 5.01. The highest BCUT2D eigenvalue weighted by molar-refractivity contribution is 6.30. The van der Waals surface area contributed by atoms with Crippen molar-refractivity contribution in [2.75, 3.05) is 5.73 Å². The van der Waals surface area contributed by atoms with E-state index in [9.17, 15) is 13.2 Å². The predicted molar refractivity (Wildman–Crippen MR) is 67.4 cm³/mol. The van der Waals surface area contributed by atoms with Crippen LogP contribution in [0.5, 0.6) is 11.5 Å². The molecular weight excluding hydrogens is 279 g/mol. The van der Waals surface area contributed by atoms with E-state index in [-0.39, 0.29) is 11.4 Å². The minimum Gasteiger partial charge on any atom is -0.455 e. The van der Waals surface area contributed by atoms with Crippen LogP contribution < -0.4 is 10.5 Å². The molecule has 19 heavy (non-hydrogen) atoms. The Morgan fingerprint density at radius 3 is 2.16 bits per heavy atom. The number of nitrogens with two attached hydrogens (primary N) is 1. The third-order valence-electron chi connectivity index (χ3n) is 2.38. The van der Waals surface area contributed by atoms with Crippen molar-refractivity contribution in [2.24, 2.45) is 0 Å². The number of rotatable bonds is 2. The lowest BCUT2D eigenvalue weighted by Gasteiger charge is -2.11. The van der Waals surface area contributed by atoms with Gasteiger partial charge in [-0.3, -0.25) is 0 Å². The van der Waals surface area contributed by atoms with Gasteiger partial charge in [0, 0.05) is 5.02 Å². The number of ether oxygens (including phenoxy) is 1. The largest absolute Gasteiger partial charge is 0.455 e. The molecule has 0 saturated heterocycles. The molecule has 2 rings (SSSR count). The highest BCUT2D eigenvalue weighted by atomic mass is 35.5. The van der Waals surface area contributed by atoms with Gasteiger partial charge in [0.1, 0.15) is 11.5 Å². The SMILES string of the molecule is Nc1cc(C(F)(F)F)ccc1Oc1ccc(Cl)cc1. The Labute approximate surface area is 112 Å². The third-order valence-corrected chi connectivity index (χ3v) is 2.63. The van der Waals surface area contributed by atoms with Crippen LogP contribution in [0.4, 0.5) is 18.9 Å². The second-order valence-electron chi connectivity index (χ2n) is 3.81. The van der Waals surface area contributed by atoms with E-state index in [0.717, 1.165) is 12.1 Å². The Hall–Kier alpha value is -1.88. The molecule has 6 heteroatoms. The molecule has 2 N–H and O–H groups in total. The molecule has 0 fully saturated rings. The number of anilines is 1. The molecule has 0 aromatic heterocycles. The highest BCUT2D eigenvalue weighted by Gasteiger charge is 2.30. The van der Waals surface area contributed by atoms with Crippen LogP contribution in [0.2, 0.25) is 5.02 Å². The molecule has 0 saturated carbocycles. The van der Waals surface area contributed by atoms with Gasteiger partial charge in [-0.15, -0.1) is 0 Å². The Morgan fingerprint density at radius 1 is 1.00 bits per heavy atom. The van der Waals surface area contributed by atoms with Gasteiger partial charge in [-0.05, 0) is 42.5 Å². The van der Waals surface area contributed by atoms with Crippen LogP contribution in [0, 0.1) is 0 Å². The van der Waals surface area contributed by atoms with E-state index in [1.807, 2.05) is 0 Å². The first kappa shape index (κ1) is 13.5. The van der Waals surface area contributed by atoms with Gasteiger partial charge in [0.15, 0.2) is 0 Å². The zero-order chi connectivity index (χ0) is 14.0. The van der Waals surface area contributed by atoms with Gasteiger partial charge in [0.05, 0.1) is 11.3 Å². The number of hydrogen-bond donors (Lipinski definition) is 1. The van der Waals surface area contributed by atoms with Crippen molar-refractivity contribution in [3.05, 3.63) is 53.1 Å². The lowest BCUT2D eigenvalue weighted by Crippen LogP contribution is -2.05. The summed E-state index contributed by atoms with van der Waals surface area (Å²) in [6.07, 6.45) is -4.42. The van der Waals surface area contributed by atoms with E-state index in [1.54, 1.807) is 24.3 Å². The molecule has 0 amide bonds. The molecule has 2 aromatic carbocycles. The van der Waals surface area contributed by atoms with E-state index in [0.29, 0.717) is 10.8 Å². The van der Waals surface area contributed by atoms with Crippen molar-refractivity contribution in [1.29, 1.82) is 0 Å². The number of hydrogen-bond acceptors (Lipinski definition) is 2. The molecule has 0 heterocycles. The fraction of sp³-hybridized carbons (Fsp3) is 0.0769.